The van der Waals surface area contributed by atoms with E-state index in [9.17, 15) is 5.11 Å². The number of benzene rings is 2. The van der Waals surface area contributed by atoms with Crippen molar-refractivity contribution in [3.63, 3.8) is 0 Å². The molecule has 0 spiro atoms. The van der Waals surface area contributed by atoms with Crippen molar-refractivity contribution in [1.82, 2.24) is 0 Å². The van der Waals surface area contributed by atoms with E-state index in [1.54, 1.807) is 31.2 Å². The first-order chi connectivity index (χ1) is 9.94. The van der Waals surface area contributed by atoms with Gasteiger partial charge in [-0.2, -0.15) is 0 Å². The highest BCUT2D eigenvalue weighted by Crippen LogP contribution is 2.28. The van der Waals surface area contributed by atoms with E-state index < -0.39 is 6.29 Å². The molecule has 7 heteroatoms. The van der Waals surface area contributed by atoms with Gasteiger partial charge in [-0.15, -0.1) is 12.4 Å². The fraction of sp³-hybridized carbons (Fsp3) is 0.200. The van der Waals surface area contributed by atoms with Gasteiger partial charge in [-0.1, -0.05) is 0 Å². The van der Waals surface area contributed by atoms with Crippen LogP contribution in [-0.4, -0.2) is 11.4 Å². The Morgan fingerprint density at radius 3 is 2.27 bits per heavy atom. The maximum absolute atomic E-state index is 9.34. The summed E-state index contributed by atoms with van der Waals surface area (Å²) in [5, 5.41) is 12.5. The molecule has 0 radical (unpaired) electrons. The van der Waals surface area contributed by atoms with Crippen LogP contribution in [0.15, 0.2) is 36.4 Å². The van der Waals surface area contributed by atoms with E-state index >= 15 is 0 Å². The van der Waals surface area contributed by atoms with E-state index in [-0.39, 0.29) is 12.4 Å². The number of halogens is 1. The summed E-state index contributed by atoms with van der Waals surface area (Å²) in [4.78, 5) is 0. The minimum absolute atomic E-state index is 0. The summed E-state index contributed by atoms with van der Waals surface area (Å²) in [5.41, 5.74) is 20.8. The Morgan fingerprint density at radius 1 is 1.05 bits per heavy atom. The maximum atomic E-state index is 9.34. The summed E-state index contributed by atoms with van der Waals surface area (Å²) in [6, 6.07) is 10.5. The van der Waals surface area contributed by atoms with E-state index in [2.05, 4.69) is 5.32 Å². The molecule has 8 N–H and O–H groups in total. The van der Waals surface area contributed by atoms with Crippen molar-refractivity contribution in [2.45, 2.75) is 19.8 Å². The summed E-state index contributed by atoms with van der Waals surface area (Å²) in [6.07, 6.45) is -0.905. The zero-order valence-electron chi connectivity index (χ0n) is 12.2. The molecule has 0 fully saturated rings. The van der Waals surface area contributed by atoms with Gasteiger partial charge in [0.15, 0.2) is 6.29 Å². The van der Waals surface area contributed by atoms with Gasteiger partial charge in [0, 0.05) is 23.6 Å². The van der Waals surface area contributed by atoms with Crippen molar-refractivity contribution in [2.75, 3.05) is 22.5 Å². The Labute approximate surface area is 135 Å². The van der Waals surface area contributed by atoms with E-state index in [1.807, 2.05) is 12.1 Å². The molecule has 1 atom stereocenters. The molecule has 1 unspecified atom stereocenters. The molecule has 0 aromatic heterocycles. The lowest BCUT2D eigenvalue weighted by molar-refractivity contribution is 0.000230. The summed E-state index contributed by atoms with van der Waals surface area (Å²) in [5.74, 6) is 0.524. The van der Waals surface area contributed by atoms with Crippen molar-refractivity contribution >= 4 is 35.2 Å². The zero-order valence-corrected chi connectivity index (χ0v) is 13.1. The standard InChI is InChI=1S/C15H20N4O2.ClH/c1-9(20)21-15-3-2-11(16)7-14(15)19-8-10-4-12(17)6-13(18)5-10;/h2-7,9,19-20H,8,16-18H2,1H3;1H. The molecule has 0 saturated carbocycles. The highest BCUT2D eigenvalue weighted by Gasteiger charge is 2.07. The number of ether oxygens (including phenoxy) is 1. The molecule has 0 aliphatic heterocycles. The molecule has 0 saturated heterocycles. The predicted octanol–water partition coefficient (Wildman–Crippen LogP) is 2.18. The van der Waals surface area contributed by atoms with E-state index in [4.69, 9.17) is 21.9 Å². The predicted molar refractivity (Wildman–Crippen MR) is 93.0 cm³/mol. The third kappa shape index (κ3) is 4.91. The molecule has 0 bridgehead atoms. The number of hydrogen-bond acceptors (Lipinski definition) is 6. The van der Waals surface area contributed by atoms with Crippen molar-refractivity contribution < 1.29 is 9.84 Å². The molecule has 0 aliphatic rings. The molecule has 2 rings (SSSR count). The SMILES string of the molecule is CC(O)Oc1ccc(N)cc1NCc1cc(N)cc(N)c1.Cl. The lowest BCUT2D eigenvalue weighted by Gasteiger charge is -2.16. The van der Waals surface area contributed by atoms with Crippen LogP contribution in [0.25, 0.3) is 0 Å². The number of nitrogens with two attached hydrogens (primary N) is 3. The summed E-state index contributed by atoms with van der Waals surface area (Å²) in [6.45, 7) is 2.05. The first-order valence-electron chi connectivity index (χ1n) is 6.57. The second-order valence-corrected chi connectivity index (χ2v) is 4.83. The van der Waals surface area contributed by atoms with Crippen LogP contribution in [0.4, 0.5) is 22.7 Å². The fourth-order valence-electron chi connectivity index (χ4n) is 2.02. The first-order valence-corrected chi connectivity index (χ1v) is 6.57. The van der Waals surface area contributed by atoms with Gasteiger partial charge in [0.1, 0.15) is 5.75 Å². The molecule has 22 heavy (non-hydrogen) atoms. The number of nitrogens with one attached hydrogen (secondary N) is 1. The van der Waals surface area contributed by atoms with Crippen LogP contribution in [0.3, 0.4) is 0 Å². The van der Waals surface area contributed by atoms with Crippen LogP contribution in [-0.2, 0) is 6.54 Å². The average Bonchev–Trinajstić information content (AvgIpc) is 2.37. The van der Waals surface area contributed by atoms with Crippen LogP contribution in [0, 0.1) is 0 Å². The van der Waals surface area contributed by atoms with Gasteiger partial charge in [-0.05, 0) is 48.9 Å². The lowest BCUT2D eigenvalue weighted by atomic mass is 10.1. The molecule has 2 aromatic rings. The van der Waals surface area contributed by atoms with Gasteiger partial charge in [-0.3, -0.25) is 0 Å². The second-order valence-electron chi connectivity index (χ2n) is 4.83. The van der Waals surface area contributed by atoms with Crippen molar-refractivity contribution in [1.29, 1.82) is 0 Å². The highest BCUT2D eigenvalue weighted by molar-refractivity contribution is 5.85. The Morgan fingerprint density at radius 2 is 1.68 bits per heavy atom. The minimum Gasteiger partial charge on any atom is -0.463 e. The molecule has 2 aromatic carbocycles. The number of hydrogen-bond donors (Lipinski definition) is 5. The maximum Gasteiger partial charge on any atom is 0.194 e. The molecule has 6 nitrogen and oxygen atoms in total. The van der Waals surface area contributed by atoms with Gasteiger partial charge in [-0.25, -0.2) is 0 Å². The van der Waals surface area contributed by atoms with Gasteiger partial charge < -0.3 is 32.4 Å². The molecular formula is C15H21ClN4O2. The minimum atomic E-state index is -0.905. The summed E-state index contributed by atoms with van der Waals surface area (Å²) < 4.78 is 5.32. The first kappa shape index (κ1) is 17.7. The smallest absolute Gasteiger partial charge is 0.194 e. The van der Waals surface area contributed by atoms with Crippen molar-refractivity contribution in [3.05, 3.63) is 42.0 Å². The van der Waals surface area contributed by atoms with Gasteiger partial charge >= 0.3 is 0 Å². The molecule has 0 aliphatic carbocycles. The van der Waals surface area contributed by atoms with Gasteiger partial charge in [0.2, 0.25) is 0 Å². The second kappa shape index (κ2) is 7.63. The Bertz CT molecular complexity index is 615. The molecular weight excluding hydrogens is 304 g/mol. The topological polar surface area (TPSA) is 120 Å². The number of rotatable bonds is 5. The average molecular weight is 325 g/mol. The lowest BCUT2D eigenvalue weighted by Crippen LogP contribution is -2.12. The van der Waals surface area contributed by atoms with E-state index in [1.165, 1.54) is 0 Å². The third-order valence-corrected chi connectivity index (χ3v) is 2.82. The van der Waals surface area contributed by atoms with Gasteiger partial charge in [0.25, 0.3) is 0 Å². The molecule has 0 amide bonds. The summed E-state index contributed by atoms with van der Waals surface area (Å²) >= 11 is 0. The van der Waals surface area contributed by atoms with Crippen LogP contribution < -0.4 is 27.3 Å². The Balaban J connectivity index is 0.00000242. The Kier molecular flexibility index (Phi) is 6.15. The van der Waals surface area contributed by atoms with Crippen molar-refractivity contribution in [2.24, 2.45) is 0 Å². The van der Waals surface area contributed by atoms with E-state index in [0.29, 0.717) is 35.0 Å². The van der Waals surface area contributed by atoms with Crippen LogP contribution in [0.1, 0.15) is 12.5 Å². The number of aliphatic hydroxyl groups is 1. The van der Waals surface area contributed by atoms with Crippen LogP contribution >= 0.6 is 12.4 Å². The number of aliphatic hydroxyl groups excluding tert-OH is 1. The number of anilines is 4. The monoisotopic (exact) mass is 324 g/mol. The third-order valence-electron chi connectivity index (χ3n) is 2.82. The zero-order chi connectivity index (χ0) is 15.4. The highest BCUT2D eigenvalue weighted by atomic mass is 35.5. The van der Waals surface area contributed by atoms with E-state index in [0.717, 1.165) is 5.56 Å². The van der Waals surface area contributed by atoms with Crippen LogP contribution in [0.5, 0.6) is 5.75 Å². The fourth-order valence-corrected chi connectivity index (χ4v) is 2.02. The quantitative estimate of drug-likeness (QED) is 0.425. The van der Waals surface area contributed by atoms with Crippen molar-refractivity contribution in [3.8, 4) is 5.75 Å². The van der Waals surface area contributed by atoms with Crippen LogP contribution in [0.2, 0.25) is 0 Å². The summed E-state index contributed by atoms with van der Waals surface area (Å²) in [7, 11) is 0. The van der Waals surface area contributed by atoms with Gasteiger partial charge in [0.05, 0.1) is 5.69 Å². The molecule has 0 heterocycles. The Hall–Kier alpha value is -2.31. The number of nitrogen functional groups attached to an aromatic ring is 3. The largest absolute Gasteiger partial charge is 0.463 e. The molecule has 120 valence electrons. The normalized spacial score (nSPS) is 11.4.